The van der Waals surface area contributed by atoms with Crippen molar-refractivity contribution in [2.24, 2.45) is 0 Å². The van der Waals surface area contributed by atoms with Gasteiger partial charge in [-0.25, -0.2) is 4.79 Å². The number of ether oxygens (including phenoxy) is 1. The highest BCUT2D eigenvalue weighted by Crippen LogP contribution is 2.36. The fraction of sp³-hybridized carbons (Fsp3) is 0.318. The molecule has 0 aliphatic heterocycles. The number of phenolic OH excluding ortho intramolecular Hbond substituents is 1. The van der Waals surface area contributed by atoms with Gasteiger partial charge in [0.25, 0.3) is 5.91 Å². The van der Waals surface area contributed by atoms with Crippen molar-refractivity contribution >= 4 is 35.1 Å². The highest BCUT2D eigenvalue weighted by atomic mass is 35.5. The monoisotopic (exact) mass is 448 g/mol. The predicted molar refractivity (Wildman–Crippen MR) is 117 cm³/mol. The molecule has 0 saturated heterocycles. The lowest BCUT2D eigenvalue weighted by Crippen LogP contribution is -2.24. The molecule has 0 heterocycles. The lowest BCUT2D eigenvalue weighted by molar-refractivity contribution is -0.147. The Kier molecular flexibility index (Phi) is 8.69. The predicted octanol–water partition coefficient (Wildman–Crippen LogP) is 4.48. The van der Waals surface area contributed by atoms with Gasteiger partial charge in [-0.3, -0.25) is 9.59 Å². The Bertz CT molecular complexity index is 953. The number of nitrogens with one attached hydrogen (secondary N) is 2. The summed E-state index contributed by atoms with van der Waals surface area (Å²) >= 11 is 6.24. The number of carboxylic acid groups (broad SMARTS) is 1. The fourth-order valence-electron chi connectivity index (χ4n) is 2.84. The van der Waals surface area contributed by atoms with Crippen LogP contribution in [0.25, 0.3) is 0 Å². The SMILES string of the molecule is CCCCCCNC(=O)c1cc(Oc2c(C)cc(NC(=O)C(=O)O)cc2Cl)ccc1O. The quantitative estimate of drug-likeness (QED) is 0.331. The summed E-state index contributed by atoms with van der Waals surface area (Å²) in [6.07, 6.45) is 4.08. The molecule has 0 aromatic heterocycles. The van der Waals surface area contributed by atoms with Gasteiger partial charge in [0.1, 0.15) is 17.2 Å². The first-order valence-corrected chi connectivity index (χ1v) is 10.2. The van der Waals surface area contributed by atoms with Crippen LogP contribution in [0.2, 0.25) is 5.02 Å². The number of aliphatic carboxylic acids is 1. The summed E-state index contributed by atoms with van der Waals surface area (Å²) in [6.45, 7) is 4.29. The van der Waals surface area contributed by atoms with E-state index >= 15 is 0 Å². The van der Waals surface area contributed by atoms with E-state index in [-0.39, 0.29) is 33.5 Å². The third-order valence-electron chi connectivity index (χ3n) is 4.43. The number of rotatable bonds is 9. The van der Waals surface area contributed by atoms with Crippen molar-refractivity contribution in [2.75, 3.05) is 11.9 Å². The van der Waals surface area contributed by atoms with Gasteiger partial charge in [0.15, 0.2) is 0 Å². The highest BCUT2D eigenvalue weighted by Gasteiger charge is 2.16. The minimum Gasteiger partial charge on any atom is -0.507 e. The molecule has 2 rings (SSSR count). The largest absolute Gasteiger partial charge is 0.507 e. The fourth-order valence-corrected chi connectivity index (χ4v) is 3.15. The molecule has 0 fully saturated rings. The van der Waals surface area contributed by atoms with Crippen LogP contribution in [-0.4, -0.2) is 34.5 Å². The summed E-state index contributed by atoms with van der Waals surface area (Å²) in [6, 6.07) is 7.11. The van der Waals surface area contributed by atoms with Crippen molar-refractivity contribution in [1.82, 2.24) is 5.32 Å². The molecule has 9 heteroatoms. The van der Waals surface area contributed by atoms with Crippen molar-refractivity contribution in [2.45, 2.75) is 39.5 Å². The molecule has 8 nitrogen and oxygen atoms in total. The number of hydrogen-bond acceptors (Lipinski definition) is 5. The van der Waals surface area contributed by atoms with Crippen LogP contribution in [0.3, 0.4) is 0 Å². The van der Waals surface area contributed by atoms with Crippen LogP contribution in [0.15, 0.2) is 30.3 Å². The standard InChI is InChI=1S/C22H25ClN2O6/c1-3-4-5-6-9-24-20(27)16-12-15(7-8-18(16)26)31-19-13(2)10-14(11-17(19)23)25-21(28)22(29)30/h7-8,10-12,26H,3-6,9H2,1-2H3,(H,24,27)(H,25,28)(H,29,30). The maximum Gasteiger partial charge on any atom is 0.394 e. The molecule has 0 atom stereocenters. The van der Waals surface area contributed by atoms with E-state index in [1.54, 1.807) is 6.92 Å². The van der Waals surface area contributed by atoms with Gasteiger partial charge in [-0.05, 0) is 49.2 Å². The molecule has 0 unspecified atom stereocenters. The van der Waals surface area contributed by atoms with E-state index in [9.17, 15) is 19.5 Å². The van der Waals surface area contributed by atoms with E-state index in [2.05, 4.69) is 17.6 Å². The van der Waals surface area contributed by atoms with Gasteiger partial charge >= 0.3 is 11.9 Å². The average molecular weight is 449 g/mol. The number of phenols is 1. The van der Waals surface area contributed by atoms with E-state index in [0.29, 0.717) is 12.1 Å². The second kappa shape index (κ2) is 11.2. The molecule has 0 saturated carbocycles. The van der Waals surface area contributed by atoms with Crippen molar-refractivity contribution in [3.63, 3.8) is 0 Å². The minimum atomic E-state index is -1.62. The summed E-state index contributed by atoms with van der Waals surface area (Å²) in [7, 11) is 0. The van der Waals surface area contributed by atoms with E-state index in [1.165, 1.54) is 30.3 Å². The molecule has 2 aromatic rings. The first-order valence-electron chi connectivity index (χ1n) is 9.86. The number of amides is 2. The normalized spacial score (nSPS) is 10.4. The number of carboxylic acids is 1. The number of unbranched alkanes of at least 4 members (excludes halogenated alkanes) is 3. The van der Waals surface area contributed by atoms with Gasteiger partial charge in [0.2, 0.25) is 0 Å². The van der Waals surface area contributed by atoms with Gasteiger partial charge in [0, 0.05) is 12.2 Å². The smallest absolute Gasteiger partial charge is 0.394 e. The van der Waals surface area contributed by atoms with Crippen LogP contribution in [0, 0.1) is 6.92 Å². The van der Waals surface area contributed by atoms with Crippen LogP contribution >= 0.6 is 11.6 Å². The molecule has 166 valence electrons. The van der Waals surface area contributed by atoms with E-state index < -0.39 is 17.8 Å². The lowest BCUT2D eigenvalue weighted by Gasteiger charge is -2.14. The number of carbonyl (C=O) groups excluding carboxylic acids is 2. The maximum absolute atomic E-state index is 12.4. The summed E-state index contributed by atoms with van der Waals surface area (Å²) in [5.74, 6) is -2.84. The number of carbonyl (C=O) groups is 3. The Hall–Kier alpha value is -3.26. The van der Waals surface area contributed by atoms with E-state index in [0.717, 1.165) is 25.7 Å². The number of halogens is 1. The Balaban J connectivity index is 2.14. The summed E-state index contributed by atoms with van der Waals surface area (Å²) in [5.41, 5.74) is 0.811. The van der Waals surface area contributed by atoms with Crippen molar-refractivity contribution in [3.8, 4) is 17.2 Å². The van der Waals surface area contributed by atoms with Gasteiger partial charge in [-0.2, -0.15) is 0 Å². The van der Waals surface area contributed by atoms with Gasteiger partial charge in [-0.1, -0.05) is 37.8 Å². The first-order chi connectivity index (χ1) is 14.7. The first kappa shape index (κ1) is 24.0. The van der Waals surface area contributed by atoms with Gasteiger partial charge in [-0.15, -0.1) is 0 Å². The molecule has 31 heavy (non-hydrogen) atoms. The zero-order chi connectivity index (χ0) is 23.0. The maximum atomic E-state index is 12.4. The summed E-state index contributed by atoms with van der Waals surface area (Å²) in [5, 5.41) is 23.9. The number of aryl methyl sites for hydroxylation is 1. The Morgan fingerprint density at radius 1 is 1.10 bits per heavy atom. The van der Waals surface area contributed by atoms with Crippen LogP contribution in [-0.2, 0) is 9.59 Å². The molecule has 0 bridgehead atoms. The second-order valence-corrected chi connectivity index (χ2v) is 7.37. The molecule has 0 aliphatic carbocycles. The molecule has 0 spiro atoms. The Morgan fingerprint density at radius 2 is 1.84 bits per heavy atom. The van der Waals surface area contributed by atoms with Crippen LogP contribution in [0.1, 0.15) is 48.5 Å². The Labute approximate surface area is 185 Å². The molecule has 4 N–H and O–H groups in total. The van der Waals surface area contributed by atoms with E-state index in [4.69, 9.17) is 21.4 Å². The highest BCUT2D eigenvalue weighted by molar-refractivity contribution is 6.37. The number of benzene rings is 2. The number of aromatic hydroxyl groups is 1. The lowest BCUT2D eigenvalue weighted by atomic mass is 10.1. The second-order valence-electron chi connectivity index (χ2n) is 6.96. The van der Waals surface area contributed by atoms with E-state index in [1.807, 2.05) is 0 Å². The number of hydrogen-bond donors (Lipinski definition) is 4. The van der Waals surface area contributed by atoms with Crippen LogP contribution in [0.5, 0.6) is 17.2 Å². The zero-order valence-electron chi connectivity index (χ0n) is 17.3. The molecule has 2 amide bonds. The van der Waals surface area contributed by atoms with Crippen molar-refractivity contribution in [1.29, 1.82) is 0 Å². The summed E-state index contributed by atoms with van der Waals surface area (Å²) in [4.78, 5) is 34.4. The molecule has 0 radical (unpaired) electrons. The topological polar surface area (TPSA) is 125 Å². The van der Waals surface area contributed by atoms with Crippen LogP contribution in [0.4, 0.5) is 5.69 Å². The van der Waals surface area contributed by atoms with Gasteiger partial charge in [0.05, 0.1) is 10.6 Å². The molecule has 0 aliphatic rings. The third-order valence-corrected chi connectivity index (χ3v) is 4.71. The van der Waals surface area contributed by atoms with Crippen molar-refractivity contribution < 1.29 is 29.3 Å². The van der Waals surface area contributed by atoms with Crippen LogP contribution < -0.4 is 15.4 Å². The Morgan fingerprint density at radius 3 is 2.48 bits per heavy atom. The average Bonchev–Trinajstić information content (AvgIpc) is 2.71. The zero-order valence-corrected chi connectivity index (χ0v) is 18.1. The minimum absolute atomic E-state index is 0.0760. The third kappa shape index (κ3) is 6.89. The molecular weight excluding hydrogens is 424 g/mol. The van der Waals surface area contributed by atoms with Crippen molar-refractivity contribution in [3.05, 3.63) is 46.5 Å². The number of anilines is 1. The summed E-state index contributed by atoms with van der Waals surface area (Å²) < 4.78 is 5.80. The molecule has 2 aromatic carbocycles. The van der Waals surface area contributed by atoms with Gasteiger partial charge < -0.3 is 25.6 Å². The molecular formula is C22H25ClN2O6.